The number of methoxy groups -OCH3 is 1. The lowest BCUT2D eigenvalue weighted by Gasteiger charge is -2.29. The zero-order valence-corrected chi connectivity index (χ0v) is 12.9. The van der Waals surface area contributed by atoms with E-state index in [1.165, 1.54) is 14.0 Å². The van der Waals surface area contributed by atoms with Gasteiger partial charge in [0.2, 0.25) is 5.91 Å². The molecular formula is C15H19NO3S. The minimum absolute atomic E-state index is 0.118. The number of hydrogen-bond acceptors (Lipinski definition) is 4. The summed E-state index contributed by atoms with van der Waals surface area (Å²) in [5, 5.41) is -0.159. The third-order valence-electron chi connectivity index (χ3n) is 3.48. The van der Waals surface area contributed by atoms with E-state index in [9.17, 15) is 9.59 Å². The molecule has 5 heteroatoms. The number of carbonyl (C=O) groups excluding carboxylic acids is 2. The van der Waals surface area contributed by atoms with Crippen LogP contribution in [-0.2, 0) is 14.3 Å². The quantitative estimate of drug-likeness (QED) is 0.786. The summed E-state index contributed by atoms with van der Waals surface area (Å²) in [5.41, 5.74) is 1.02. The number of ether oxygens (including phenoxy) is 1. The van der Waals surface area contributed by atoms with E-state index in [2.05, 4.69) is 0 Å². The molecule has 0 N–H and O–H groups in total. The predicted molar refractivity (Wildman–Crippen MR) is 79.2 cm³/mol. The lowest BCUT2D eigenvalue weighted by atomic mass is 10.0. The summed E-state index contributed by atoms with van der Waals surface area (Å²) < 4.78 is 4.50. The van der Waals surface area contributed by atoms with Crippen molar-refractivity contribution in [2.75, 3.05) is 7.11 Å². The summed E-state index contributed by atoms with van der Waals surface area (Å²) in [4.78, 5) is 25.8. The van der Waals surface area contributed by atoms with E-state index < -0.39 is 6.04 Å². The highest BCUT2D eigenvalue weighted by atomic mass is 32.2. The van der Waals surface area contributed by atoms with Gasteiger partial charge < -0.3 is 9.64 Å². The maximum atomic E-state index is 12.1. The van der Waals surface area contributed by atoms with Crippen molar-refractivity contribution in [1.29, 1.82) is 0 Å². The third-order valence-corrected chi connectivity index (χ3v) is 5.03. The van der Waals surface area contributed by atoms with E-state index >= 15 is 0 Å². The van der Waals surface area contributed by atoms with Crippen LogP contribution in [0.5, 0.6) is 0 Å². The van der Waals surface area contributed by atoms with Gasteiger partial charge in [-0.15, -0.1) is 11.8 Å². The molecule has 1 aromatic carbocycles. The maximum Gasteiger partial charge on any atom is 0.330 e. The summed E-state index contributed by atoms with van der Waals surface area (Å²) in [6.07, 6.45) is 0. The summed E-state index contributed by atoms with van der Waals surface area (Å²) in [7, 11) is 1.36. The van der Waals surface area contributed by atoms with Gasteiger partial charge >= 0.3 is 5.97 Å². The molecule has 2 atom stereocenters. The lowest BCUT2D eigenvalue weighted by Crippen LogP contribution is -2.49. The first kappa shape index (κ1) is 14.9. The molecule has 1 aliphatic rings. The van der Waals surface area contributed by atoms with Crippen molar-refractivity contribution in [3.8, 4) is 0 Å². The van der Waals surface area contributed by atoms with Crippen LogP contribution in [0.3, 0.4) is 0 Å². The fourth-order valence-electron chi connectivity index (χ4n) is 2.58. The van der Waals surface area contributed by atoms with Gasteiger partial charge in [0.25, 0.3) is 0 Å². The molecule has 0 spiro atoms. The normalized spacial score (nSPS) is 24.5. The molecule has 0 radical (unpaired) electrons. The van der Waals surface area contributed by atoms with E-state index in [0.717, 1.165) is 5.56 Å². The molecule has 1 aromatic rings. The van der Waals surface area contributed by atoms with Gasteiger partial charge in [-0.2, -0.15) is 0 Å². The molecule has 1 fully saturated rings. The molecular weight excluding hydrogens is 274 g/mol. The van der Waals surface area contributed by atoms with Crippen LogP contribution < -0.4 is 0 Å². The van der Waals surface area contributed by atoms with Crippen molar-refractivity contribution < 1.29 is 14.3 Å². The van der Waals surface area contributed by atoms with E-state index in [4.69, 9.17) is 4.74 Å². The number of esters is 1. The molecule has 1 aliphatic heterocycles. The van der Waals surface area contributed by atoms with Crippen LogP contribution in [-0.4, -0.2) is 34.7 Å². The fourth-order valence-corrected chi connectivity index (χ4v) is 4.17. The molecule has 2 rings (SSSR count). The third kappa shape index (κ3) is 2.54. The summed E-state index contributed by atoms with van der Waals surface area (Å²) in [6, 6.07) is 9.19. The molecule has 1 saturated heterocycles. The molecule has 1 amide bonds. The van der Waals surface area contributed by atoms with Gasteiger partial charge in [0, 0.05) is 11.7 Å². The zero-order chi connectivity index (χ0) is 14.9. The van der Waals surface area contributed by atoms with Crippen LogP contribution in [0, 0.1) is 0 Å². The lowest BCUT2D eigenvalue weighted by molar-refractivity contribution is -0.153. The summed E-state index contributed by atoms with van der Waals surface area (Å²) in [5.74, 6) is -0.483. The highest BCUT2D eigenvalue weighted by molar-refractivity contribution is 8.01. The molecule has 20 heavy (non-hydrogen) atoms. The molecule has 0 bridgehead atoms. The van der Waals surface area contributed by atoms with Crippen molar-refractivity contribution in [1.82, 2.24) is 4.90 Å². The zero-order valence-electron chi connectivity index (χ0n) is 12.1. The Morgan fingerprint density at radius 3 is 2.35 bits per heavy atom. The first-order valence-electron chi connectivity index (χ1n) is 6.48. The van der Waals surface area contributed by atoms with Crippen molar-refractivity contribution in [2.45, 2.75) is 36.9 Å². The molecule has 0 aliphatic carbocycles. The van der Waals surface area contributed by atoms with Gasteiger partial charge in [0.05, 0.1) is 7.11 Å². The van der Waals surface area contributed by atoms with Crippen molar-refractivity contribution in [3.05, 3.63) is 35.9 Å². The Bertz CT molecular complexity index is 515. The summed E-state index contributed by atoms with van der Waals surface area (Å²) in [6.45, 7) is 5.43. The number of benzene rings is 1. The number of nitrogens with zero attached hydrogens (tertiary/aromatic N) is 1. The van der Waals surface area contributed by atoms with Gasteiger partial charge in [-0.05, 0) is 19.4 Å². The Kier molecular flexibility index (Phi) is 4.09. The molecule has 1 heterocycles. The Hall–Kier alpha value is -1.49. The van der Waals surface area contributed by atoms with Crippen molar-refractivity contribution in [2.24, 2.45) is 0 Å². The number of thioether (sulfide) groups is 1. The second-order valence-electron chi connectivity index (χ2n) is 5.34. The highest BCUT2D eigenvalue weighted by Crippen LogP contribution is 2.52. The van der Waals surface area contributed by atoms with Gasteiger partial charge in [0.15, 0.2) is 0 Å². The van der Waals surface area contributed by atoms with Crippen LogP contribution in [0.1, 0.15) is 31.7 Å². The van der Waals surface area contributed by atoms with Gasteiger partial charge in [-0.1, -0.05) is 30.3 Å². The highest BCUT2D eigenvalue weighted by Gasteiger charge is 2.53. The van der Waals surface area contributed by atoms with Crippen molar-refractivity contribution in [3.63, 3.8) is 0 Å². The van der Waals surface area contributed by atoms with E-state index in [1.54, 1.807) is 16.7 Å². The fraction of sp³-hybridized carbons (Fsp3) is 0.467. The van der Waals surface area contributed by atoms with Gasteiger partial charge in [0.1, 0.15) is 11.4 Å². The SMILES string of the molecule is COC(=O)[C@H]1N(C(C)=O)[C@@H](c2ccccc2)SC1(C)C. The standard InChI is InChI=1S/C15H19NO3S/c1-10(17)16-12(14(18)19-4)15(2,3)20-13(16)11-8-6-5-7-9-11/h5-9,12-13H,1-4H3/t12-,13-/m1/s1. The summed E-state index contributed by atoms with van der Waals surface area (Å²) >= 11 is 1.61. The second-order valence-corrected chi connectivity index (χ2v) is 7.07. The topological polar surface area (TPSA) is 46.6 Å². The molecule has 108 valence electrons. The van der Waals surface area contributed by atoms with Crippen LogP contribution in [0.15, 0.2) is 30.3 Å². The smallest absolute Gasteiger partial charge is 0.330 e. The number of amides is 1. The minimum atomic E-state index is -0.569. The first-order chi connectivity index (χ1) is 9.38. The largest absolute Gasteiger partial charge is 0.467 e. The monoisotopic (exact) mass is 293 g/mol. The van der Waals surface area contributed by atoms with Crippen molar-refractivity contribution >= 4 is 23.6 Å². The maximum absolute atomic E-state index is 12.1. The first-order valence-corrected chi connectivity index (χ1v) is 7.36. The Balaban J connectivity index is 2.45. The number of rotatable bonds is 2. The number of carbonyl (C=O) groups is 2. The van der Waals surface area contributed by atoms with E-state index in [0.29, 0.717) is 0 Å². The van der Waals surface area contributed by atoms with Crippen LogP contribution in [0.2, 0.25) is 0 Å². The van der Waals surface area contributed by atoms with Gasteiger partial charge in [-0.25, -0.2) is 4.79 Å². The Morgan fingerprint density at radius 1 is 1.25 bits per heavy atom. The average Bonchev–Trinajstić information content (AvgIpc) is 2.71. The second kappa shape index (κ2) is 5.48. The van der Waals surface area contributed by atoms with E-state index in [-0.39, 0.29) is 22.0 Å². The molecule has 0 saturated carbocycles. The van der Waals surface area contributed by atoms with Gasteiger partial charge in [-0.3, -0.25) is 4.79 Å². The van der Waals surface area contributed by atoms with E-state index in [1.807, 2.05) is 44.2 Å². The molecule has 0 unspecified atom stereocenters. The number of hydrogen-bond donors (Lipinski definition) is 0. The predicted octanol–water partition coefficient (Wildman–Crippen LogP) is 2.60. The van der Waals surface area contributed by atoms with Crippen LogP contribution >= 0.6 is 11.8 Å². The minimum Gasteiger partial charge on any atom is -0.467 e. The average molecular weight is 293 g/mol. The Labute approximate surface area is 123 Å². The molecule has 0 aromatic heterocycles. The van der Waals surface area contributed by atoms with Crippen LogP contribution in [0.25, 0.3) is 0 Å². The van der Waals surface area contributed by atoms with Crippen LogP contribution in [0.4, 0.5) is 0 Å². The Morgan fingerprint density at radius 2 is 1.85 bits per heavy atom. The molecule has 4 nitrogen and oxygen atoms in total.